The van der Waals surface area contributed by atoms with Crippen molar-refractivity contribution in [2.45, 2.75) is 26.0 Å². The van der Waals surface area contributed by atoms with Gasteiger partial charge in [-0.05, 0) is 24.5 Å². The number of fused-ring (bicyclic) bond motifs is 1. The average molecular weight is 291 g/mol. The highest BCUT2D eigenvalue weighted by molar-refractivity contribution is 6.33. The number of rotatable bonds is 3. The van der Waals surface area contributed by atoms with Crippen LogP contribution in [0.25, 0.3) is 0 Å². The van der Waals surface area contributed by atoms with Crippen molar-refractivity contribution in [2.75, 3.05) is 6.61 Å². The molecule has 5 heteroatoms. The highest BCUT2D eigenvalue weighted by Gasteiger charge is 2.31. The number of hydrogen-bond acceptors (Lipinski definition) is 3. The molecular weight excluding hydrogens is 276 g/mol. The molecule has 2 heterocycles. The summed E-state index contributed by atoms with van der Waals surface area (Å²) in [6.45, 7) is 3.07. The molecule has 1 aliphatic heterocycles. The summed E-state index contributed by atoms with van der Waals surface area (Å²) in [5, 5.41) is 4.49. The van der Waals surface area contributed by atoms with Gasteiger partial charge in [0, 0.05) is 6.54 Å². The van der Waals surface area contributed by atoms with Crippen molar-refractivity contribution >= 4 is 17.4 Å². The molecule has 1 aliphatic rings. The lowest BCUT2D eigenvalue weighted by Gasteiger charge is -2.25. The Morgan fingerprint density at radius 3 is 3.10 bits per heavy atom. The van der Waals surface area contributed by atoms with Crippen LogP contribution in [0.2, 0.25) is 5.02 Å². The Morgan fingerprint density at radius 1 is 1.50 bits per heavy atom. The first kappa shape index (κ1) is 13.3. The first-order chi connectivity index (χ1) is 9.72. The van der Waals surface area contributed by atoms with E-state index >= 15 is 0 Å². The number of carbonyl (C=O) groups is 1. The summed E-state index contributed by atoms with van der Waals surface area (Å²) in [5.41, 5.74) is 2.52. The van der Waals surface area contributed by atoms with E-state index in [1.165, 1.54) is 6.20 Å². The average Bonchev–Trinajstić information content (AvgIpc) is 2.87. The highest BCUT2D eigenvalue weighted by atomic mass is 35.5. The molecule has 20 heavy (non-hydrogen) atoms. The van der Waals surface area contributed by atoms with Crippen LogP contribution in [-0.4, -0.2) is 22.2 Å². The van der Waals surface area contributed by atoms with Gasteiger partial charge in [-0.3, -0.25) is 9.48 Å². The van der Waals surface area contributed by atoms with Crippen molar-refractivity contribution < 1.29 is 9.53 Å². The lowest BCUT2D eigenvalue weighted by molar-refractivity contribution is 0.0340. The number of carbonyl (C=O) groups excluding carboxylic acids is 1. The van der Waals surface area contributed by atoms with Crippen LogP contribution in [-0.2, 0) is 17.7 Å². The zero-order chi connectivity index (χ0) is 14.1. The van der Waals surface area contributed by atoms with Gasteiger partial charge in [0.15, 0.2) is 0 Å². The Morgan fingerprint density at radius 2 is 2.30 bits per heavy atom. The van der Waals surface area contributed by atoms with Crippen molar-refractivity contribution in [3.8, 4) is 0 Å². The molecule has 1 aromatic carbocycles. The fourth-order valence-electron chi connectivity index (χ4n) is 2.58. The molecule has 0 saturated carbocycles. The molecule has 0 bridgehead atoms. The summed E-state index contributed by atoms with van der Waals surface area (Å²) in [6.07, 6.45) is 1.76. The topological polar surface area (TPSA) is 44.1 Å². The minimum absolute atomic E-state index is 0.124. The van der Waals surface area contributed by atoms with E-state index < -0.39 is 6.10 Å². The second-order valence-electron chi connectivity index (χ2n) is 4.72. The SMILES string of the molecule is CCn1ncc(Cl)c1C(=O)C1OCCc2ccccc21. The molecule has 1 atom stereocenters. The number of aryl methyl sites for hydroxylation is 1. The van der Waals surface area contributed by atoms with E-state index in [1.54, 1.807) is 4.68 Å². The molecule has 3 rings (SSSR count). The summed E-state index contributed by atoms with van der Waals surface area (Å²) >= 11 is 6.11. The Kier molecular flexibility index (Phi) is 3.59. The van der Waals surface area contributed by atoms with Crippen LogP contribution in [0.5, 0.6) is 0 Å². The summed E-state index contributed by atoms with van der Waals surface area (Å²) in [4.78, 5) is 12.8. The third-order valence-corrected chi connectivity index (χ3v) is 3.84. The van der Waals surface area contributed by atoms with Crippen molar-refractivity contribution in [1.82, 2.24) is 9.78 Å². The maximum Gasteiger partial charge on any atom is 0.215 e. The predicted octanol–water partition coefficient (Wildman–Crippen LogP) is 3.05. The maximum atomic E-state index is 12.8. The molecule has 2 aromatic rings. The van der Waals surface area contributed by atoms with Crippen LogP contribution < -0.4 is 0 Å². The zero-order valence-corrected chi connectivity index (χ0v) is 11.9. The second kappa shape index (κ2) is 5.38. The van der Waals surface area contributed by atoms with Gasteiger partial charge in [-0.25, -0.2) is 0 Å². The summed E-state index contributed by atoms with van der Waals surface area (Å²) < 4.78 is 7.31. The molecule has 0 N–H and O–H groups in total. The van der Waals surface area contributed by atoms with Gasteiger partial charge < -0.3 is 4.74 Å². The molecule has 1 unspecified atom stereocenters. The Hall–Kier alpha value is -1.65. The molecule has 0 saturated heterocycles. The first-order valence-electron chi connectivity index (χ1n) is 6.67. The van der Waals surface area contributed by atoms with Crippen LogP contribution >= 0.6 is 11.6 Å². The number of Topliss-reactive ketones (excluding diaryl/α,β-unsaturated/α-hetero) is 1. The first-order valence-corrected chi connectivity index (χ1v) is 7.05. The van der Waals surface area contributed by atoms with Crippen molar-refractivity contribution in [3.05, 3.63) is 52.3 Å². The van der Waals surface area contributed by atoms with Gasteiger partial charge in [0.2, 0.25) is 5.78 Å². The second-order valence-corrected chi connectivity index (χ2v) is 5.13. The van der Waals surface area contributed by atoms with Gasteiger partial charge in [0.25, 0.3) is 0 Å². The zero-order valence-electron chi connectivity index (χ0n) is 11.2. The van der Waals surface area contributed by atoms with Gasteiger partial charge in [0.05, 0.1) is 17.8 Å². The molecule has 0 radical (unpaired) electrons. The lowest BCUT2D eigenvalue weighted by Crippen LogP contribution is -2.25. The van der Waals surface area contributed by atoms with Crippen LogP contribution in [0.4, 0.5) is 0 Å². The van der Waals surface area contributed by atoms with Gasteiger partial charge in [-0.15, -0.1) is 0 Å². The number of ketones is 1. The monoisotopic (exact) mass is 290 g/mol. The number of nitrogens with zero attached hydrogens (tertiary/aromatic N) is 2. The predicted molar refractivity (Wildman–Crippen MR) is 76.1 cm³/mol. The number of ether oxygens (including phenoxy) is 1. The van der Waals surface area contributed by atoms with Crippen LogP contribution in [0.3, 0.4) is 0 Å². The number of halogens is 1. The minimum atomic E-state index is -0.584. The molecule has 0 fully saturated rings. The van der Waals surface area contributed by atoms with E-state index in [-0.39, 0.29) is 5.78 Å². The third-order valence-electron chi connectivity index (χ3n) is 3.56. The maximum absolute atomic E-state index is 12.8. The Balaban J connectivity index is 2.02. The van der Waals surface area contributed by atoms with Gasteiger partial charge in [0.1, 0.15) is 11.8 Å². The number of benzene rings is 1. The van der Waals surface area contributed by atoms with Gasteiger partial charge in [-0.2, -0.15) is 5.10 Å². The van der Waals surface area contributed by atoms with Crippen LogP contribution in [0, 0.1) is 0 Å². The van der Waals surface area contributed by atoms with E-state index in [2.05, 4.69) is 5.10 Å². The van der Waals surface area contributed by atoms with Gasteiger partial charge in [-0.1, -0.05) is 35.9 Å². The van der Waals surface area contributed by atoms with E-state index in [0.29, 0.717) is 23.9 Å². The molecule has 4 nitrogen and oxygen atoms in total. The van der Waals surface area contributed by atoms with Crippen molar-refractivity contribution in [2.24, 2.45) is 0 Å². The minimum Gasteiger partial charge on any atom is -0.365 e. The van der Waals surface area contributed by atoms with Crippen LogP contribution in [0.15, 0.2) is 30.5 Å². The van der Waals surface area contributed by atoms with Crippen LogP contribution in [0.1, 0.15) is 34.6 Å². The molecule has 104 valence electrons. The molecule has 0 spiro atoms. The third kappa shape index (κ3) is 2.15. The number of aromatic nitrogens is 2. The lowest BCUT2D eigenvalue weighted by atomic mass is 9.94. The van der Waals surface area contributed by atoms with E-state index in [9.17, 15) is 4.79 Å². The smallest absolute Gasteiger partial charge is 0.215 e. The van der Waals surface area contributed by atoms with E-state index in [4.69, 9.17) is 16.3 Å². The van der Waals surface area contributed by atoms with Gasteiger partial charge >= 0.3 is 0 Å². The summed E-state index contributed by atoms with van der Waals surface area (Å²) in [6, 6.07) is 7.88. The Bertz CT molecular complexity index is 651. The van der Waals surface area contributed by atoms with E-state index in [0.717, 1.165) is 17.5 Å². The summed E-state index contributed by atoms with van der Waals surface area (Å²) in [5.74, 6) is -0.124. The standard InChI is InChI=1S/C15H15ClN2O2/c1-2-18-13(12(16)9-17-18)14(19)15-11-6-4-3-5-10(11)7-8-20-15/h3-6,9,15H,2,7-8H2,1H3. The van der Waals surface area contributed by atoms with Crippen molar-refractivity contribution in [1.29, 1.82) is 0 Å². The largest absolute Gasteiger partial charge is 0.365 e. The van der Waals surface area contributed by atoms with Crippen molar-refractivity contribution in [3.63, 3.8) is 0 Å². The van der Waals surface area contributed by atoms with E-state index in [1.807, 2.05) is 31.2 Å². The fraction of sp³-hybridized carbons (Fsp3) is 0.333. The molecule has 0 amide bonds. The summed E-state index contributed by atoms with van der Waals surface area (Å²) in [7, 11) is 0. The molecule has 1 aromatic heterocycles. The quantitative estimate of drug-likeness (QED) is 0.816. The normalized spacial score (nSPS) is 17.8. The Labute approximate surface area is 122 Å². The fourth-order valence-corrected chi connectivity index (χ4v) is 2.82. The number of hydrogen-bond donors (Lipinski definition) is 0. The molecular formula is C15H15ClN2O2. The molecule has 0 aliphatic carbocycles. The highest BCUT2D eigenvalue weighted by Crippen LogP contribution is 2.31.